The largest absolute Gasteiger partial charge is 0.326 e. The van der Waals surface area contributed by atoms with E-state index in [-0.39, 0.29) is 17.7 Å². The van der Waals surface area contributed by atoms with Crippen LogP contribution in [0.5, 0.6) is 0 Å². The Kier molecular flexibility index (Phi) is 8.39. The summed E-state index contributed by atoms with van der Waals surface area (Å²) in [5.74, 6) is -0.708. The van der Waals surface area contributed by atoms with Crippen LogP contribution in [-0.2, 0) is 4.79 Å². The number of unbranched alkanes of at least 4 members (excludes halogenated alkanes) is 8. The smallest absolute Gasteiger partial charge is 0.266 e. The number of carbonyl (C=O) groups is 3. The Morgan fingerprint density at radius 2 is 1.35 bits per heavy atom. The summed E-state index contributed by atoms with van der Waals surface area (Å²) >= 11 is 0. The molecule has 0 spiro atoms. The van der Waals surface area contributed by atoms with Gasteiger partial charge in [0.15, 0.2) is 0 Å². The van der Waals surface area contributed by atoms with Crippen LogP contribution in [-0.4, -0.2) is 17.7 Å². The molecule has 5 nitrogen and oxygen atoms in total. The van der Waals surface area contributed by atoms with Crippen molar-refractivity contribution < 1.29 is 14.4 Å². The van der Waals surface area contributed by atoms with Crippen molar-refractivity contribution in [3.63, 3.8) is 0 Å². The second-order valence-electron chi connectivity index (χ2n) is 8.17. The summed E-state index contributed by atoms with van der Waals surface area (Å²) < 4.78 is 0. The van der Waals surface area contributed by atoms with E-state index in [1.165, 1.54) is 49.8 Å². The normalized spacial score (nSPS) is 12.9. The zero-order chi connectivity index (χ0) is 22.1. The van der Waals surface area contributed by atoms with Gasteiger partial charge in [-0.3, -0.25) is 14.4 Å². The van der Waals surface area contributed by atoms with Crippen LogP contribution < -0.4 is 10.2 Å². The minimum Gasteiger partial charge on any atom is -0.326 e. The molecule has 164 valence electrons. The van der Waals surface area contributed by atoms with Crippen molar-refractivity contribution in [3.05, 3.63) is 59.7 Å². The van der Waals surface area contributed by atoms with Gasteiger partial charge in [0.2, 0.25) is 5.91 Å². The fraction of sp³-hybridized carbons (Fsp3) is 0.423. The van der Waals surface area contributed by atoms with E-state index in [0.717, 1.165) is 12.8 Å². The second-order valence-corrected chi connectivity index (χ2v) is 8.17. The summed E-state index contributed by atoms with van der Waals surface area (Å²) in [5.41, 5.74) is 1.88. The number of nitrogens with one attached hydrogen (secondary N) is 1. The summed E-state index contributed by atoms with van der Waals surface area (Å²) in [4.78, 5) is 38.8. The van der Waals surface area contributed by atoms with Gasteiger partial charge in [-0.25, -0.2) is 4.90 Å². The Labute approximate surface area is 184 Å². The molecule has 0 radical (unpaired) electrons. The molecule has 5 heteroatoms. The van der Waals surface area contributed by atoms with Gasteiger partial charge in [0.1, 0.15) is 0 Å². The van der Waals surface area contributed by atoms with Gasteiger partial charge in [-0.2, -0.15) is 0 Å². The molecule has 1 heterocycles. The average Bonchev–Trinajstić information content (AvgIpc) is 3.03. The molecule has 0 unspecified atom stereocenters. The number of fused-ring (bicyclic) bond motifs is 1. The van der Waals surface area contributed by atoms with E-state index in [1.54, 1.807) is 48.5 Å². The number of benzene rings is 2. The van der Waals surface area contributed by atoms with Gasteiger partial charge >= 0.3 is 0 Å². The van der Waals surface area contributed by atoms with E-state index in [9.17, 15) is 14.4 Å². The SMILES string of the molecule is CCCCCCCCCCCC(=O)Nc1cccc(N2C(=O)c3ccccc3C2=O)c1. The maximum atomic E-state index is 12.7. The predicted octanol–water partition coefficient (Wildman–Crippen LogP) is 6.35. The van der Waals surface area contributed by atoms with Crippen LogP contribution in [0.3, 0.4) is 0 Å². The molecule has 0 atom stereocenters. The summed E-state index contributed by atoms with van der Waals surface area (Å²) in [6.45, 7) is 2.23. The first kappa shape index (κ1) is 22.7. The molecule has 0 saturated carbocycles. The lowest BCUT2D eigenvalue weighted by atomic mass is 10.1. The van der Waals surface area contributed by atoms with E-state index >= 15 is 0 Å². The van der Waals surface area contributed by atoms with Crippen LogP contribution in [0.2, 0.25) is 0 Å². The molecule has 0 saturated heterocycles. The highest BCUT2D eigenvalue weighted by Crippen LogP contribution is 2.29. The fourth-order valence-corrected chi connectivity index (χ4v) is 3.97. The third-order valence-corrected chi connectivity index (χ3v) is 5.69. The lowest BCUT2D eigenvalue weighted by Gasteiger charge is -2.15. The van der Waals surface area contributed by atoms with Gasteiger partial charge in [0.05, 0.1) is 16.8 Å². The molecule has 0 aromatic heterocycles. The Morgan fingerprint density at radius 3 is 1.97 bits per heavy atom. The minimum atomic E-state index is -0.334. The third-order valence-electron chi connectivity index (χ3n) is 5.69. The Morgan fingerprint density at radius 1 is 0.774 bits per heavy atom. The number of carbonyl (C=O) groups excluding carboxylic acids is 3. The zero-order valence-electron chi connectivity index (χ0n) is 18.4. The van der Waals surface area contributed by atoms with Crippen molar-refractivity contribution in [2.45, 2.75) is 71.1 Å². The molecule has 0 bridgehead atoms. The third kappa shape index (κ3) is 6.03. The van der Waals surface area contributed by atoms with Crippen molar-refractivity contribution in [1.29, 1.82) is 0 Å². The van der Waals surface area contributed by atoms with Crippen LogP contribution in [0, 0.1) is 0 Å². The fourth-order valence-electron chi connectivity index (χ4n) is 3.97. The van der Waals surface area contributed by atoms with E-state index < -0.39 is 0 Å². The maximum absolute atomic E-state index is 12.7. The number of anilines is 2. The predicted molar refractivity (Wildman–Crippen MR) is 124 cm³/mol. The number of nitrogens with zero attached hydrogens (tertiary/aromatic N) is 1. The van der Waals surface area contributed by atoms with E-state index in [4.69, 9.17) is 0 Å². The van der Waals surface area contributed by atoms with Crippen molar-refractivity contribution in [2.75, 3.05) is 10.2 Å². The number of rotatable bonds is 12. The quantitative estimate of drug-likeness (QED) is 0.321. The number of hydrogen-bond acceptors (Lipinski definition) is 3. The van der Waals surface area contributed by atoms with Crippen LogP contribution in [0.15, 0.2) is 48.5 Å². The van der Waals surface area contributed by atoms with Gasteiger partial charge in [-0.05, 0) is 36.8 Å². The highest BCUT2D eigenvalue weighted by atomic mass is 16.2. The molecule has 3 rings (SSSR count). The Bertz CT molecular complexity index is 887. The zero-order valence-corrected chi connectivity index (χ0v) is 18.4. The molecule has 3 amide bonds. The number of amides is 3. The molecule has 2 aromatic carbocycles. The Hall–Kier alpha value is -2.95. The first-order chi connectivity index (χ1) is 15.1. The molecular formula is C26H32N2O3. The lowest BCUT2D eigenvalue weighted by molar-refractivity contribution is -0.116. The van der Waals surface area contributed by atoms with E-state index in [2.05, 4.69) is 12.2 Å². The van der Waals surface area contributed by atoms with E-state index in [0.29, 0.717) is 28.9 Å². The first-order valence-corrected chi connectivity index (χ1v) is 11.5. The van der Waals surface area contributed by atoms with Crippen LogP contribution in [0.25, 0.3) is 0 Å². The summed E-state index contributed by atoms with van der Waals surface area (Å²) in [7, 11) is 0. The maximum Gasteiger partial charge on any atom is 0.266 e. The minimum absolute atomic E-state index is 0.0394. The lowest BCUT2D eigenvalue weighted by Crippen LogP contribution is -2.29. The molecule has 0 aliphatic carbocycles. The topological polar surface area (TPSA) is 66.5 Å². The van der Waals surface area contributed by atoms with Gasteiger partial charge in [0, 0.05) is 12.1 Å². The number of hydrogen-bond donors (Lipinski definition) is 1. The molecule has 2 aromatic rings. The van der Waals surface area contributed by atoms with Crippen molar-refractivity contribution in [2.24, 2.45) is 0 Å². The first-order valence-electron chi connectivity index (χ1n) is 11.5. The van der Waals surface area contributed by atoms with Crippen molar-refractivity contribution in [3.8, 4) is 0 Å². The Balaban J connectivity index is 1.45. The van der Waals surface area contributed by atoms with Gasteiger partial charge < -0.3 is 5.32 Å². The highest BCUT2D eigenvalue weighted by molar-refractivity contribution is 6.34. The van der Waals surface area contributed by atoms with Gasteiger partial charge in [0.25, 0.3) is 11.8 Å². The second kappa shape index (κ2) is 11.4. The summed E-state index contributed by atoms with van der Waals surface area (Å²) in [5, 5.41) is 2.89. The average molecular weight is 421 g/mol. The van der Waals surface area contributed by atoms with Crippen molar-refractivity contribution in [1.82, 2.24) is 0 Å². The van der Waals surface area contributed by atoms with Crippen molar-refractivity contribution >= 4 is 29.1 Å². The monoisotopic (exact) mass is 420 g/mol. The molecule has 1 aliphatic rings. The molecule has 0 fully saturated rings. The standard InChI is InChI=1S/C26H32N2O3/c1-2-3-4-5-6-7-8-9-10-18-24(29)27-20-14-13-15-21(19-20)28-25(30)22-16-11-12-17-23(22)26(28)31/h11-17,19H,2-10,18H2,1H3,(H,27,29). The van der Waals surface area contributed by atoms with Gasteiger partial charge in [-0.1, -0.05) is 76.5 Å². The summed E-state index contributed by atoms with van der Waals surface area (Å²) in [6.07, 6.45) is 11.4. The van der Waals surface area contributed by atoms with E-state index in [1.807, 2.05) is 0 Å². The van der Waals surface area contributed by atoms with Crippen LogP contribution >= 0.6 is 0 Å². The van der Waals surface area contributed by atoms with Gasteiger partial charge in [-0.15, -0.1) is 0 Å². The number of imide groups is 1. The molecule has 1 aliphatic heterocycles. The molecule has 31 heavy (non-hydrogen) atoms. The van der Waals surface area contributed by atoms with Crippen LogP contribution in [0.1, 0.15) is 91.8 Å². The van der Waals surface area contributed by atoms with Crippen LogP contribution in [0.4, 0.5) is 11.4 Å². The molecular weight excluding hydrogens is 388 g/mol. The summed E-state index contributed by atoms with van der Waals surface area (Å²) in [6, 6.07) is 13.7. The molecule has 1 N–H and O–H groups in total. The highest BCUT2D eigenvalue weighted by Gasteiger charge is 2.36.